The molecule has 1 amide bonds. The summed E-state index contributed by atoms with van der Waals surface area (Å²) in [5.41, 5.74) is 0.525. The van der Waals surface area contributed by atoms with Crippen LogP contribution in [0.1, 0.15) is 13.8 Å². The summed E-state index contributed by atoms with van der Waals surface area (Å²) >= 11 is 0. The van der Waals surface area contributed by atoms with Crippen molar-refractivity contribution in [3.8, 4) is 23.0 Å². The minimum atomic E-state index is -3.37. The Morgan fingerprint density at radius 1 is 1.07 bits per heavy atom. The third-order valence-corrected chi connectivity index (χ3v) is 6.68. The molecule has 2 aromatic carbocycles. The van der Waals surface area contributed by atoms with E-state index in [1.165, 1.54) is 12.1 Å². The molecule has 156 valence electrons. The number of para-hydroxylation sites is 2. The van der Waals surface area contributed by atoms with Gasteiger partial charge in [-0.05, 0) is 50.2 Å². The van der Waals surface area contributed by atoms with Gasteiger partial charge < -0.3 is 13.9 Å². The molecule has 3 aromatic rings. The fourth-order valence-corrected chi connectivity index (χ4v) is 3.84. The van der Waals surface area contributed by atoms with Gasteiger partial charge in [0.05, 0.1) is 10.1 Å². The van der Waals surface area contributed by atoms with Crippen LogP contribution in [0.4, 0.5) is 6.01 Å². The van der Waals surface area contributed by atoms with Crippen LogP contribution in [0.3, 0.4) is 0 Å². The molecule has 10 heteroatoms. The van der Waals surface area contributed by atoms with Crippen molar-refractivity contribution in [1.29, 1.82) is 0 Å². The Bertz CT molecular complexity index is 1170. The predicted octanol–water partition coefficient (Wildman–Crippen LogP) is 2.70. The number of ether oxygens (including phenoxy) is 2. The molecule has 0 radical (unpaired) electrons. The lowest BCUT2D eigenvalue weighted by Crippen LogP contribution is -2.40. The van der Waals surface area contributed by atoms with Crippen molar-refractivity contribution in [2.75, 3.05) is 11.9 Å². The number of carbonyl (C=O) groups excluding carboxylic acids is 1. The number of benzene rings is 2. The third kappa shape index (κ3) is 3.86. The molecule has 1 unspecified atom stereocenters. The average molecular weight is 429 g/mol. The number of nitrogens with zero attached hydrogens (tertiary/aromatic N) is 2. The first kappa shape index (κ1) is 19.9. The Hall–Kier alpha value is -3.40. The van der Waals surface area contributed by atoms with Crippen LogP contribution in [0.15, 0.2) is 57.8 Å². The smallest absolute Gasteiger partial charge is 0.322 e. The Kier molecular flexibility index (Phi) is 5.17. The van der Waals surface area contributed by atoms with Crippen LogP contribution in [0.25, 0.3) is 11.5 Å². The second-order valence-corrected chi connectivity index (χ2v) is 9.39. The van der Waals surface area contributed by atoms with E-state index in [0.717, 1.165) is 0 Å². The van der Waals surface area contributed by atoms with Gasteiger partial charge in [-0.3, -0.25) is 10.1 Å². The number of nitrogens with one attached hydrogen (secondary N) is 1. The van der Waals surface area contributed by atoms with Crippen LogP contribution in [0, 0.1) is 0 Å². The zero-order valence-electron chi connectivity index (χ0n) is 16.2. The molecular weight excluding hydrogens is 410 g/mol. The molecule has 30 heavy (non-hydrogen) atoms. The Labute approximate surface area is 172 Å². The quantitative estimate of drug-likeness (QED) is 0.657. The normalized spacial score (nSPS) is 15.8. The SMILES string of the molecule is CC(C)S(=O)(=O)c1ccc(-c2nnc(NC(=O)C3COc4ccccc4O3)o2)cc1. The van der Waals surface area contributed by atoms with Gasteiger partial charge >= 0.3 is 6.01 Å². The molecule has 0 bridgehead atoms. The molecule has 9 nitrogen and oxygen atoms in total. The zero-order valence-corrected chi connectivity index (χ0v) is 17.0. The maximum atomic E-state index is 12.4. The molecule has 0 saturated carbocycles. The highest BCUT2D eigenvalue weighted by atomic mass is 32.2. The van der Waals surface area contributed by atoms with Crippen LogP contribution in [0.2, 0.25) is 0 Å². The molecule has 1 aromatic heterocycles. The van der Waals surface area contributed by atoms with Gasteiger partial charge in [-0.2, -0.15) is 0 Å². The van der Waals surface area contributed by atoms with Crippen molar-refractivity contribution >= 4 is 21.8 Å². The maximum absolute atomic E-state index is 12.4. The van der Waals surface area contributed by atoms with Gasteiger partial charge in [-0.15, -0.1) is 5.10 Å². The fraction of sp³-hybridized carbons (Fsp3) is 0.250. The van der Waals surface area contributed by atoms with Crippen molar-refractivity contribution in [3.05, 3.63) is 48.5 Å². The van der Waals surface area contributed by atoms with Crippen molar-refractivity contribution in [2.24, 2.45) is 0 Å². The minimum Gasteiger partial charge on any atom is -0.485 e. The summed E-state index contributed by atoms with van der Waals surface area (Å²) in [5.74, 6) is 0.708. The summed E-state index contributed by atoms with van der Waals surface area (Å²) < 4.78 is 41.1. The van der Waals surface area contributed by atoms with E-state index >= 15 is 0 Å². The highest BCUT2D eigenvalue weighted by molar-refractivity contribution is 7.92. The van der Waals surface area contributed by atoms with Crippen LogP contribution >= 0.6 is 0 Å². The van der Waals surface area contributed by atoms with Gasteiger partial charge in [0.2, 0.25) is 12.0 Å². The number of fused-ring (bicyclic) bond motifs is 1. The van der Waals surface area contributed by atoms with Crippen LogP contribution < -0.4 is 14.8 Å². The largest absolute Gasteiger partial charge is 0.485 e. The summed E-state index contributed by atoms with van der Waals surface area (Å²) in [6.07, 6.45) is -0.865. The second-order valence-electron chi connectivity index (χ2n) is 6.88. The summed E-state index contributed by atoms with van der Waals surface area (Å²) in [7, 11) is -3.37. The zero-order chi connectivity index (χ0) is 21.3. The van der Waals surface area contributed by atoms with E-state index in [4.69, 9.17) is 13.9 Å². The molecule has 2 heterocycles. The van der Waals surface area contributed by atoms with E-state index in [9.17, 15) is 13.2 Å². The van der Waals surface area contributed by atoms with E-state index in [2.05, 4.69) is 15.5 Å². The molecule has 4 rings (SSSR count). The van der Waals surface area contributed by atoms with Crippen molar-refractivity contribution in [2.45, 2.75) is 30.1 Å². The van der Waals surface area contributed by atoms with Gasteiger partial charge in [0, 0.05) is 5.56 Å². The molecular formula is C20H19N3O6S. The van der Waals surface area contributed by atoms with Crippen molar-refractivity contribution < 1.29 is 27.1 Å². The molecule has 0 spiro atoms. The molecule has 0 aliphatic carbocycles. The monoisotopic (exact) mass is 429 g/mol. The number of amides is 1. The lowest BCUT2D eigenvalue weighted by Gasteiger charge is -2.24. The molecule has 0 fully saturated rings. The van der Waals surface area contributed by atoms with E-state index < -0.39 is 27.1 Å². The first-order valence-electron chi connectivity index (χ1n) is 9.22. The number of hydrogen-bond donors (Lipinski definition) is 1. The predicted molar refractivity (Wildman–Crippen MR) is 107 cm³/mol. The van der Waals surface area contributed by atoms with E-state index in [1.807, 2.05) is 6.07 Å². The molecule has 1 atom stereocenters. The van der Waals surface area contributed by atoms with Crippen LogP contribution in [-0.4, -0.2) is 42.5 Å². The van der Waals surface area contributed by atoms with Crippen molar-refractivity contribution in [3.63, 3.8) is 0 Å². The Morgan fingerprint density at radius 2 is 1.77 bits per heavy atom. The Balaban J connectivity index is 1.44. The highest BCUT2D eigenvalue weighted by Crippen LogP contribution is 2.31. The first-order chi connectivity index (χ1) is 14.3. The molecule has 1 aliphatic heterocycles. The number of anilines is 1. The number of sulfone groups is 1. The van der Waals surface area contributed by atoms with Gasteiger partial charge in [0.1, 0.15) is 6.61 Å². The van der Waals surface area contributed by atoms with E-state index in [-0.39, 0.29) is 23.4 Å². The van der Waals surface area contributed by atoms with E-state index in [1.54, 1.807) is 44.2 Å². The summed E-state index contributed by atoms with van der Waals surface area (Å²) in [6, 6.07) is 13.1. The summed E-state index contributed by atoms with van der Waals surface area (Å²) in [6.45, 7) is 3.29. The Morgan fingerprint density at radius 3 is 2.47 bits per heavy atom. The average Bonchev–Trinajstić information content (AvgIpc) is 3.21. The number of aromatic nitrogens is 2. The topological polar surface area (TPSA) is 121 Å². The van der Waals surface area contributed by atoms with Crippen LogP contribution in [-0.2, 0) is 14.6 Å². The van der Waals surface area contributed by atoms with Crippen LogP contribution in [0.5, 0.6) is 11.5 Å². The standard InChI is InChI=1S/C20H19N3O6S/c1-12(2)30(25,26)14-9-7-13(8-10-14)19-22-23-20(29-19)21-18(24)17-11-27-15-5-3-4-6-16(15)28-17/h3-10,12,17H,11H2,1-2H3,(H,21,23,24). The van der Waals surface area contributed by atoms with Gasteiger partial charge in [0.25, 0.3) is 5.91 Å². The number of carbonyl (C=O) groups is 1. The summed E-state index contributed by atoms with van der Waals surface area (Å²) in [4.78, 5) is 12.6. The third-order valence-electron chi connectivity index (χ3n) is 4.51. The summed E-state index contributed by atoms with van der Waals surface area (Å²) in [5, 5.41) is 9.68. The van der Waals surface area contributed by atoms with Gasteiger partial charge in [-0.1, -0.05) is 17.2 Å². The van der Waals surface area contributed by atoms with Gasteiger partial charge in [-0.25, -0.2) is 8.42 Å². The first-order valence-corrected chi connectivity index (χ1v) is 10.8. The molecule has 0 saturated heterocycles. The lowest BCUT2D eigenvalue weighted by atomic mass is 10.2. The highest BCUT2D eigenvalue weighted by Gasteiger charge is 2.28. The molecule has 1 N–H and O–H groups in total. The second kappa shape index (κ2) is 7.79. The molecule has 1 aliphatic rings. The van der Waals surface area contributed by atoms with Gasteiger partial charge in [0.15, 0.2) is 21.3 Å². The van der Waals surface area contributed by atoms with E-state index in [0.29, 0.717) is 17.1 Å². The minimum absolute atomic E-state index is 0.0512. The number of hydrogen-bond acceptors (Lipinski definition) is 8. The number of rotatable bonds is 5. The lowest BCUT2D eigenvalue weighted by molar-refractivity contribution is -0.125. The maximum Gasteiger partial charge on any atom is 0.322 e. The fourth-order valence-electron chi connectivity index (χ4n) is 2.78. The van der Waals surface area contributed by atoms with Crippen molar-refractivity contribution in [1.82, 2.24) is 10.2 Å².